The average Bonchev–Trinajstić information content (AvgIpc) is 2.90. The molecular weight excluding hydrogens is 270 g/mol. The first-order valence-electron chi connectivity index (χ1n) is 6.84. The van der Waals surface area contributed by atoms with E-state index in [1.807, 2.05) is 36.2 Å². The SMILES string of the molecule is CCNc1ncc(CN2C(=O)CCc3ccccc32)s1. The van der Waals surface area contributed by atoms with Gasteiger partial charge in [0.15, 0.2) is 5.13 Å². The van der Waals surface area contributed by atoms with Gasteiger partial charge < -0.3 is 10.2 Å². The predicted molar refractivity (Wildman–Crippen MR) is 82.2 cm³/mol. The third-order valence-corrected chi connectivity index (χ3v) is 4.33. The van der Waals surface area contributed by atoms with Crippen LogP contribution in [0.25, 0.3) is 0 Å². The van der Waals surface area contributed by atoms with Crippen molar-refractivity contribution >= 4 is 28.1 Å². The number of nitrogens with one attached hydrogen (secondary N) is 1. The van der Waals surface area contributed by atoms with E-state index in [9.17, 15) is 4.79 Å². The van der Waals surface area contributed by atoms with Crippen molar-refractivity contribution in [2.45, 2.75) is 26.3 Å². The zero-order valence-electron chi connectivity index (χ0n) is 11.4. The van der Waals surface area contributed by atoms with Gasteiger partial charge in [-0.05, 0) is 25.0 Å². The van der Waals surface area contributed by atoms with Gasteiger partial charge in [0.2, 0.25) is 5.91 Å². The lowest BCUT2D eigenvalue weighted by Crippen LogP contribution is -2.34. The Labute approximate surface area is 122 Å². The molecule has 0 spiro atoms. The highest BCUT2D eigenvalue weighted by Gasteiger charge is 2.24. The lowest BCUT2D eigenvalue weighted by atomic mass is 10.0. The average molecular weight is 287 g/mol. The van der Waals surface area contributed by atoms with Crippen LogP contribution in [0.4, 0.5) is 10.8 Å². The van der Waals surface area contributed by atoms with Crippen molar-refractivity contribution < 1.29 is 4.79 Å². The third-order valence-electron chi connectivity index (χ3n) is 3.39. The number of carbonyl (C=O) groups is 1. The van der Waals surface area contributed by atoms with Gasteiger partial charge in [-0.1, -0.05) is 18.2 Å². The van der Waals surface area contributed by atoms with Crippen LogP contribution in [0.15, 0.2) is 30.5 Å². The molecule has 1 aliphatic rings. The molecule has 0 aliphatic carbocycles. The summed E-state index contributed by atoms with van der Waals surface area (Å²) >= 11 is 1.61. The molecule has 0 atom stereocenters. The lowest BCUT2D eigenvalue weighted by molar-refractivity contribution is -0.119. The second-order valence-electron chi connectivity index (χ2n) is 4.77. The molecule has 2 aromatic rings. The van der Waals surface area contributed by atoms with E-state index in [2.05, 4.69) is 16.4 Å². The Balaban J connectivity index is 1.83. The van der Waals surface area contributed by atoms with Crippen molar-refractivity contribution in [3.05, 3.63) is 40.9 Å². The smallest absolute Gasteiger partial charge is 0.227 e. The van der Waals surface area contributed by atoms with Crippen LogP contribution in [0, 0.1) is 0 Å². The molecule has 0 fully saturated rings. The van der Waals surface area contributed by atoms with E-state index in [1.54, 1.807) is 11.3 Å². The summed E-state index contributed by atoms with van der Waals surface area (Å²) in [6.07, 6.45) is 3.29. The summed E-state index contributed by atoms with van der Waals surface area (Å²) in [6, 6.07) is 8.15. The molecule has 4 nitrogen and oxygen atoms in total. The Morgan fingerprint density at radius 1 is 1.35 bits per heavy atom. The van der Waals surface area contributed by atoms with Gasteiger partial charge in [-0.15, -0.1) is 11.3 Å². The molecule has 0 radical (unpaired) electrons. The quantitative estimate of drug-likeness (QED) is 0.940. The predicted octanol–water partition coefficient (Wildman–Crippen LogP) is 3.05. The molecular formula is C15H17N3OS. The number of thiazole rings is 1. The number of rotatable bonds is 4. The topological polar surface area (TPSA) is 45.2 Å². The maximum Gasteiger partial charge on any atom is 0.227 e. The molecule has 3 rings (SSSR count). The van der Waals surface area contributed by atoms with Gasteiger partial charge in [0, 0.05) is 29.7 Å². The van der Waals surface area contributed by atoms with Crippen molar-refractivity contribution in [1.29, 1.82) is 0 Å². The van der Waals surface area contributed by atoms with Gasteiger partial charge in [-0.3, -0.25) is 4.79 Å². The summed E-state index contributed by atoms with van der Waals surface area (Å²) in [5.41, 5.74) is 2.30. The van der Waals surface area contributed by atoms with Crippen LogP contribution >= 0.6 is 11.3 Å². The minimum Gasteiger partial charge on any atom is -0.362 e. The molecule has 20 heavy (non-hydrogen) atoms. The zero-order valence-corrected chi connectivity index (χ0v) is 12.2. The van der Waals surface area contributed by atoms with Crippen molar-refractivity contribution in [3.63, 3.8) is 0 Å². The van der Waals surface area contributed by atoms with Crippen LogP contribution in [0.3, 0.4) is 0 Å². The van der Waals surface area contributed by atoms with Crippen LogP contribution in [-0.2, 0) is 17.8 Å². The fraction of sp³-hybridized carbons (Fsp3) is 0.333. The van der Waals surface area contributed by atoms with Gasteiger partial charge in [0.1, 0.15) is 0 Å². The first-order chi connectivity index (χ1) is 9.78. The first kappa shape index (κ1) is 13.1. The summed E-state index contributed by atoms with van der Waals surface area (Å²) in [5.74, 6) is 0.196. The maximum absolute atomic E-state index is 12.2. The largest absolute Gasteiger partial charge is 0.362 e. The molecule has 0 saturated heterocycles. The molecule has 1 aromatic heterocycles. The molecule has 5 heteroatoms. The second kappa shape index (κ2) is 5.63. The van der Waals surface area contributed by atoms with Crippen LogP contribution in [0.1, 0.15) is 23.8 Å². The van der Waals surface area contributed by atoms with Crippen LogP contribution < -0.4 is 10.2 Å². The number of aromatic nitrogens is 1. The van der Waals surface area contributed by atoms with E-state index in [4.69, 9.17) is 0 Å². The summed E-state index contributed by atoms with van der Waals surface area (Å²) < 4.78 is 0. The number of hydrogen-bond acceptors (Lipinski definition) is 4. The van der Waals surface area contributed by atoms with Crippen LogP contribution in [-0.4, -0.2) is 17.4 Å². The number of para-hydroxylation sites is 1. The van der Waals surface area contributed by atoms with Gasteiger partial charge in [0.25, 0.3) is 0 Å². The fourth-order valence-electron chi connectivity index (χ4n) is 2.44. The Morgan fingerprint density at radius 2 is 2.20 bits per heavy atom. The summed E-state index contributed by atoms with van der Waals surface area (Å²) in [4.78, 5) is 19.5. The molecule has 104 valence electrons. The number of anilines is 2. The van der Waals surface area contributed by atoms with Crippen molar-refractivity contribution in [2.75, 3.05) is 16.8 Å². The minimum absolute atomic E-state index is 0.196. The molecule has 0 unspecified atom stereocenters. The van der Waals surface area contributed by atoms with Crippen molar-refractivity contribution in [2.24, 2.45) is 0 Å². The molecule has 0 bridgehead atoms. The summed E-state index contributed by atoms with van der Waals surface area (Å²) in [7, 11) is 0. The molecule has 1 amide bonds. The highest BCUT2D eigenvalue weighted by molar-refractivity contribution is 7.15. The highest BCUT2D eigenvalue weighted by atomic mass is 32.1. The minimum atomic E-state index is 0.196. The Bertz CT molecular complexity index is 623. The number of fused-ring (bicyclic) bond motifs is 1. The number of amides is 1. The molecule has 1 N–H and O–H groups in total. The van der Waals surface area contributed by atoms with E-state index >= 15 is 0 Å². The third kappa shape index (κ3) is 2.54. The van der Waals surface area contributed by atoms with Gasteiger partial charge in [-0.25, -0.2) is 4.98 Å². The number of carbonyl (C=O) groups excluding carboxylic acids is 1. The number of aryl methyl sites for hydroxylation is 1. The number of nitrogens with zero attached hydrogens (tertiary/aromatic N) is 2. The van der Waals surface area contributed by atoms with E-state index in [0.717, 1.165) is 28.7 Å². The fourth-order valence-corrected chi connectivity index (χ4v) is 3.31. The summed E-state index contributed by atoms with van der Waals surface area (Å²) in [5, 5.41) is 4.12. The standard InChI is InChI=1S/C15H17N3OS/c1-2-16-15-17-9-12(20-15)10-18-13-6-4-3-5-11(13)7-8-14(18)19/h3-6,9H,2,7-8,10H2,1H3,(H,16,17). The van der Waals surface area contributed by atoms with Gasteiger partial charge in [-0.2, -0.15) is 0 Å². The zero-order chi connectivity index (χ0) is 13.9. The molecule has 1 aromatic carbocycles. The van der Waals surface area contributed by atoms with Crippen LogP contribution in [0.2, 0.25) is 0 Å². The maximum atomic E-state index is 12.2. The first-order valence-corrected chi connectivity index (χ1v) is 7.66. The van der Waals surface area contributed by atoms with Crippen molar-refractivity contribution in [1.82, 2.24) is 4.98 Å². The lowest BCUT2D eigenvalue weighted by Gasteiger charge is -2.28. The van der Waals surface area contributed by atoms with Gasteiger partial charge in [0.05, 0.1) is 6.54 Å². The Morgan fingerprint density at radius 3 is 3.05 bits per heavy atom. The van der Waals surface area contributed by atoms with E-state index in [1.165, 1.54) is 5.56 Å². The van der Waals surface area contributed by atoms with E-state index in [0.29, 0.717) is 13.0 Å². The number of hydrogen-bond donors (Lipinski definition) is 1. The molecule has 0 saturated carbocycles. The van der Waals surface area contributed by atoms with Crippen molar-refractivity contribution in [3.8, 4) is 0 Å². The molecule has 1 aliphatic heterocycles. The number of benzene rings is 1. The van der Waals surface area contributed by atoms with E-state index in [-0.39, 0.29) is 5.91 Å². The van der Waals surface area contributed by atoms with E-state index < -0.39 is 0 Å². The molecule has 2 heterocycles. The monoisotopic (exact) mass is 287 g/mol. The second-order valence-corrected chi connectivity index (χ2v) is 5.89. The van der Waals surface area contributed by atoms with Gasteiger partial charge >= 0.3 is 0 Å². The summed E-state index contributed by atoms with van der Waals surface area (Å²) in [6.45, 7) is 3.52. The normalized spacial score (nSPS) is 14.2. The highest BCUT2D eigenvalue weighted by Crippen LogP contribution is 2.30. The van der Waals surface area contributed by atoms with Crippen LogP contribution in [0.5, 0.6) is 0 Å². The Hall–Kier alpha value is -1.88. The Kier molecular flexibility index (Phi) is 3.69.